The van der Waals surface area contributed by atoms with Crippen LogP contribution < -0.4 is 5.32 Å². The topological polar surface area (TPSA) is 46.2 Å². The Hall–Kier alpha value is -2.42. The Labute approximate surface area is 112 Å². The molecule has 0 heterocycles. The molecular formula is C16H15NO2. The molecule has 0 radical (unpaired) electrons. The van der Waals surface area contributed by atoms with Crippen LogP contribution in [0.25, 0.3) is 0 Å². The highest BCUT2D eigenvalue weighted by Gasteiger charge is 2.14. The second-order valence-corrected chi connectivity index (χ2v) is 4.36. The molecule has 2 rings (SSSR count). The lowest BCUT2D eigenvalue weighted by molar-refractivity contribution is -0.117. The summed E-state index contributed by atoms with van der Waals surface area (Å²) in [5.41, 5.74) is 2.26. The Morgan fingerprint density at radius 1 is 1.05 bits per heavy atom. The smallest absolute Gasteiger partial charge is 0.231 e. The van der Waals surface area contributed by atoms with Crippen LogP contribution in [0.1, 0.15) is 28.8 Å². The highest BCUT2D eigenvalue weighted by molar-refractivity contribution is 5.95. The molecule has 19 heavy (non-hydrogen) atoms. The Balaban J connectivity index is 2.06. The molecule has 2 aromatic carbocycles. The van der Waals surface area contributed by atoms with Crippen LogP contribution in [0.4, 0.5) is 5.69 Å². The molecule has 2 aromatic rings. The van der Waals surface area contributed by atoms with Gasteiger partial charge in [0, 0.05) is 11.3 Å². The normalized spacial score (nSPS) is 11.6. The Kier molecular flexibility index (Phi) is 4.08. The van der Waals surface area contributed by atoms with E-state index < -0.39 is 0 Å². The minimum atomic E-state index is -0.216. The first-order valence-corrected chi connectivity index (χ1v) is 6.12. The predicted octanol–water partition coefficient (Wildman–Crippen LogP) is 3.24. The van der Waals surface area contributed by atoms with E-state index >= 15 is 0 Å². The summed E-state index contributed by atoms with van der Waals surface area (Å²) in [7, 11) is 0. The van der Waals surface area contributed by atoms with Gasteiger partial charge >= 0.3 is 0 Å². The van der Waals surface area contributed by atoms with E-state index in [9.17, 15) is 9.59 Å². The second-order valence-electron chi connectivity index (χ2n) is 4.36. The summed E-state index contributed by atoms with van der Waals surface area (Å²) in [5, 5.41) is 2.84. The van der Waals surface area contributed by atoms with E-state index in [1.807, 2.05) is 37.3 Å². The Morgan fingerprint density at radius 2 is 1.68 bits per heavy atom. The number of hydrogen-bond donors (Lipinski definition) is 1. The maximum absolute atomic E-state index is 12.1. The van der Waals surface area contributed by atoms with Crippen LogP contribution in [-0.2, 0) is 4.79 Å². The number of anilines is 1. The lowest BCUT2D eigenvalue weighted by Crippen LogP contribution is -2.18. The van der Waals surface area contributed by atoms with Crippen molar-refractivity contribution < 1.29 is 9.59 Å². The number of amides is 1. The van der Waals surface area contributed by atoms with E-state index in [4.69, 9.17) is 0 Å². The predicted molar refractivity (Wildman–Crippen MR) is 75.3 cm³/mol. The molecule has 0 saturated carbocycles. The lowest BCUT2D eigenvalue weighted by Gasteiger charge is -2.12. The molecule has 1 N–H and O–H groups in total. The number of aldehydes is 1. The summed E-state index contributed by atoms with van der Waals surface area (Å²) in [6.45, 7) is 1.87. The molecular weight excluding hydrogens is 238 g/mol. The van der Waals surface area contributed by atoms with E-state index in [1.165, 1.54) is 0 Å². The molecule has 96 valence electrons. The molecule has 0 aromatic heterocycles. The number of rotatable bonds is 4. The lowest BCUT2D eigenvalue weighted by atomic mass is 10.0. The van der Waals surface area contributed by atoms with Crippen molar-refractivity contribution in [1.82, 2.24) is 0 Å². The van der Waals surface area contributed by atoms with Gasteiger partial charge in [-0.3, -0.25) is 9.59 Å². The van der Waals surface area contributed by atoms with Gasteiger partial charge in [0.25, 0.3) is 0 Å². The van der Waals surface area contributed by atoms with Crippen LogP contribution >= 0.6 is 0 Å². The largest absolute Gasteiger partial charge is 0.326 e. The number of benzene rings is 2. The first-order chi connectivity index (χ1) is 9.20. The zero-order valence-electron chi connectivity index (χ0n) is 10.7. The molecule has 3 heteroatoms. The maximum atomic E-state index is 12.1. The average molecular weight is 253 g/mol. The SMILES string of the molecule is C[C@H](C(=O)Nc1ccc(C=O)cc1)c1ccccc1. The first-order valence-electron chi connectivity index (χ1n) is 6.12. The molecule has 0 bridgehead atoms. The van der Waals surface area contributed by atoms with Crippen molar-refractivity contribution in [2.24, 2.45) is 0 Å². The molecule has 1 atom stereocenters. The van der Waals surface area contributed by atoms with Crippen molar-refractivity contribution in [3.05, 3.63) is 65.7 Å². The summed E-state index contributed by atoms with van der Waals surface area (Å²) in [6, 6.07) is 16.4. The summed E-state index contributed by atoms with van der Waals surface area (Å²) in [6.07, 6.45) is 0.776. The van der Waals surface area contributed by atoms with Crippen LogP contribution in [0.2, 0.25) is 0 Å². The molecule has 3 nitrogen and oxygen atoms in total. The highest BCUT2D eigenvalue weighted by Crippen LogP contribution is 2.17. The fraction of sp³-hybridized carbons (Fsp3) is 0.125. The van der Waals surface area contributed by atoms with E-state index in [2.05, 4.69) is 5.32 Å². The summed E-state index contributed by atoms with van der Waals surface area (Å²) in [5.74, 6) is -0.281. The van der Waals surface area contributed by atoms with Crippen LogP contribution in [0.5, 0.6) is 0 Å². The Morgan fingerprint density at radius 3 is 2.26 bits per heavy atom. The minimum Gasteiger partial charge on any atom is -0.326 e. The van der Waals surface area contributed by atoms with Gasteiger partial charge in [-0.2, -0.15) is 0 Å². The molecule has 0 aliphatic carbocycles. The van der Waals surface area contributed by atoms with Gasteiger partial charge in [0.2, 0.25) is 5.91 Å². The van der Waals surface area contributed by atoms with Gasteiger partial charge in [-0.1, -0.05) is 30.3 Å². The van der Waals surface area contributed by atoms with Crippen LogP contribution in [-0.4, -0.2) is 12.2 Å². The van der Waals surface area contributed by atoms with Crippen molar-refractivity contribution in [2.45, 2.75) is 12.8 Å². The standard InChI is InChI=1S/C16H15NO2/c1-12(14-5-3-2-4-6-14)16(19)17-15-9-7-13(11-18)8-10-15/h2-12H,1H3,(H,17,19)/t12-/m0/s1. The summed E-state index contributed by atoms with van der Waals surface area (Å²) in [4.78, 5) is 22.6. The van der Waals surface area contributed by atoms with Crippen molar-refractivity contribution in [3.63, 3.8) is 0 Å². The van der Waals surface area contributed by atoms with Gasteiger partial charge < -0.3 is 5.32 Å². The quantitative estimate of drug-likeness (QED) is 0.850. The second kappa shape index (κ2) is 5.96. The third-order valence-corrected chi connectivity index (χ3v) is 3.01. The van der Waals surface area contributed by atoms with Gasteiger partial charge in [-0.05, 0) is 36.8 Å². The average Bonchev–Trinajstić information content (AvgIpc) is 2.48. The molecule has 0 unspecified atom stereocenters. The maximum Gasteiger partial charge on any atom is 0.231 e. The minimum absolute atomic E-state index is 0.0648. The van der Waals surface area contributed by atoms with Crippen molar-refractivity contribution in [2.75, 3.05) is 5.32 Å². The zero-order valence-corrected chi connectivity index (χ0v) is 10.7. The fourth-order valence-corrected chi connectivity index (χ4v) is 1.79. The van der Waals surface area contributed by atoms with Crippen LogP contribution in [0.3, 0.4) is 0 Å². The molecule has 0 saturated heterocycles. The third-order valence-electron chi connectivity index (χ3n) is 3.01. The monoisotopic (exact) mass is 253 g/mol. The molecule has 1 amide bonds. The van der Waals surface area contributed by atoms with Gasteiger partial charge in [-0.25, -0.2) is 0 Å². The van der Waals surface area contributed by atoms with Gasteiger partial charge in [0.1, 0.15) is 6.29 Å². The van der Waals surface area contributed by atoms with E-state index in [0.717, 1.165) is 11.8 Å². The zero-order chi connectivity index (χ0) is 13.7. The fourth-order valence-electron chi connectivity index (χ4n) is 1.79. The van der Waals surface area contributed by atoms with Crippen molar-refractivity contribution in [3.8, 4) is 0 Å². The first kappa shape index (κ1) is 13.0. The van der Waals surface area contributed by atoms with Crippen molar-refractivity contribution in [1.29, 1.82) is 0 Å². The molecule has 0 spiro atoms. The highest BCUT2D eigenvalue weighted by atomic mass is 16.1. The Bertz CT molecular complexity index is 561. The van der Waals surface area contributed by atoms with Crippen LogP contribution in [0, 0.1) is 0 Å². The third kappa shape index (κ3) is 3.28. The number of carbonyl (C=O) groups is 2. The molecule has 0 aliphatic rings. The van der Waals surface area contributed by atoms with Crippen LogP contribution in [0.15, 0.2) is 54.6 Å². The van der Waals surface area contributed by atoms with Gasteiger partial charge in [0.15, 0.2) is 0 Å². The van der Waals surface area contributed by atoms with E-state index in [-0.39, 0.29) is 11.8 Å². The van der Waals surface area contributed by atoms with Crippen molar-refractivity contribution >= 4 is 17.9 Å². The number of nitrogens with one attached hydrogen (secondary N) is 1. The summed E-state index contributed by atoms with van der Waals surface area (Å²) >= 11 is 0. The van der Waals surface area contributed by atoms with Gasteiger partial charge in [0.05, 0.1) is 5.92 Å². The van der Waals surface area contributed by atoms with E-state index in [1.54, 1.807) is 24.3 Å². The summed E-state index contributed by atoms with van der Waals surface area (Å²) < 4.78 is 0. The number of carbonyl (C=O) groups excluding carboxylic acids is 2. The molecule has 0 aliphatic heterocycles. The molecule has 0 fully saturated rings. The van der Waals surface area contributed by atoms with Gasteiger partial charge in [-0.15, -0.1) is 0 Å². The van der Waals surface area contributed by atoms with E-state index in [0.29, 0.717) is 11.3 Å². The number of hydrogen-bond acceptors (Lipinski definition) is 2.